The van der Waals surface area contributed by atoms with Crippen LogP contribution in [-0.4, -0.2) is 38.3 Å². The van der Waals surface area contributed by atoms with E-state index in [0.29, 0.717) is 19.8 Å². The van der Waals surface area contributed by atoms with Crippen LogP contribution in [0, 0.1) is 0 Å². The van der Waals surface area contributed by atoms with Gasteiger partial charge in [0.25, 0.3) is 0 Å². The van der Waals surface area contributed by atoms with Crippen LogP contribution in [-0.2, 0) is 25.2 Å². The summed E-state index contributed by atoms with van der Waals surface area (Å²) < 4.78 is 28.4. The fraction of sp³-hybridized carbons (Fsp3) is 0.765. The van der Waals surface area contributed by atoms with Crippen molar-refractivity contribution in [2.75, 3.05) is 20.0 Å². The molecule has 1 aromatic rings. The summed E-state index contributed by atoms with van der Waals surface area (Å²) in [6, 6.07) is 1.98. The minimum Gasteiger partial charge on any atom is -0.470 e. The van der Waals surface area contributed by atoms with Gasteiger partial charge in [-0.25, -0.2) is 0 Å². The van der Waals surface area contributed by atoms with Crippen molar-refractivity contribution < 1.29 is 23.2 Å². The van der Waals surface area contributed by atoms with Crippen molar-refractivity contribution in [3.8, 4) is 0 Å². The third-order valence-electron chi connectivity index (χ3n) is 4.50. The van der Waals surface area contributed by atoms with Crippen LogP contribution in [0.25, 0.3) is 0 Å². The average molecular weight is 324 g/mol. The monoisotopic (exact) mass is 324 g/mol. The van der Waals surface area contributed by atoms with Crippen molar-refractivity contribution in [2.45, 2.75) is 65.1 Å². The maximum Gasteiger partial charge on any atom is 0.498 e. The van der Waals surface area contributed by atoms with Crippen LogP contribution < -0.4 is 5.46 Å². The summed E-state index contributed by atoms with van der Waals surface area (Å²) >= 11 is 0. The molecule has 6 heteroatoms. The first-order valence-electron chi connectivity index (χ1n) is 8.44. The Hall–Kier alpha value is -0.815. The highest BCUT2D eigenvalue weighted by Crippen LogP contribution is 2.36. The van der Waals surface area contributed by atoms with Gasteiger partial charge in [-0.05, 0) is 40.2 Å². The van der Waals surface area contributed by atoms with Gasteiger partial charge in [0.2, 0.25) is 0 Å². The van der Waals surface area contributed by atoms with Gasteiger partial charge >= 0.3 is 7.12 Å². The molecule has 0 radical (unpaired) electrons. The first-order chi connectivity index (χ1) is 10.9. The van der Waals surface area contributed by atoms with E-state index >= 15 is 0 Å². The van der Waals surface area contributed by atoms with Crippen LogP contribution >= 0.6 is 0 Å². The van der Waals surface area contributed by atoms with Crippen LogP contribution in [0.4, 0.5) is 0 Å². The maximum absolute atomic E-state index is 6.01. The number of ether oxygens (including phenoxy) is 2. The highest BCUT2D eigenvalue weighted by atomic mass is 16.7. The second kappa shape index (κ2) is 7.84. The van der Waals surface area contributed by atoms with Crippen LogP contribution in [0.1, 0.15) is 53.2 Å². The predicted molar refractivity (Wildman–Crippen MR) is 89.8 cm³/mol. The minimum atomic E-state index is -0.379. The molecule has 0 bridgehead atoms. The fourth-order valence-electron chi connectivity index (χ4n) is 2.23. The molecule has 23 heavy (non-hydrogen) atoms. The Labute approximate surface area is 139 Å². The van der Waals surface area contributed by atoms with E-state index in [1.807, 2.05) is 33.8 Å². The lowest BCUT2D eigenvalue weighted by Crippen LogP contribution is -2.41. The molecular formula is C17H29BO5. The largest absolute Gasteiger partial charge is 0.498 e. The number of hydrogen-bond donors (Lipinski definition) is 0. The van der Waals surface area contributed by atoms with Crippen LogP contribution in [0.15, 0.2) is 16.7 Å². The molecule has 5 nitrogen and oxygen atoms in total. The lowest BCUT2D eigenvalue weighted by atomic mass is 9.81. The molecule has 0 aromatic carbocycles. The topological polar surface area (TPSA) is 50.1 Å². The van der Waals surface area contributed by atoms with Gasteiger partial charge in [0.05, 0.1) is 24.1 Å². The van der Waals surface area contributed by atoms with Crippen molar-refractivity contribution in [3.05, 3.63) is 18.1 Å². The molecule has 0 saturated carbocycles. The van der Waals surface area contributed by atoms with Crippen molar-refractivity contribution in [1.82, 2.24) is 0 Å². The quantitative estimate of drug-likeness (QED) is 0.397. The summed E-state index contributed by atoms with van der Waals surface area (Å²) in [4.78, 5) is 0. The summed E-state index contributed by atoms with van der Waals surface area (Å²) in [5, 5.41) is 0. The molecule has 0 spiro atoms. The number of hydrogen-bond acceptors (Lipinski definition) is 5. The number of unbranched alkanes of at least 4 members (excludes halogenated alkanes) is 1. The van der Waals surface area contributed by atoms with Crippen LogP contribution in [0.2, 0.25) is 0 Å². The zero-order valence-electron chi connectivity index (χ0n) is 15.0. The Kier molecular flexibility index (Phi) is 6.31. The Bertz CT molecular complexity index is 467. The minimum absolute atomic E-state index is 0.338. The van der Waals surface area contributed by atoms with Gasteiger partial charge in [0, 0.05) is 18.5 Å². The van der Waals surface area contributed by atoms with E-state index in [2.05, 4.69) is 6.92 Å². The second-order valence-electron chi connectivity index (χ2n) is 6.97. The lowest BCUT2D eigenvalue weighted by Gasteiger charge is -2.32. The van der Waals surface area contributed by atoms with Crippen molar-refractivity contribution in [1.29, 1.82) is 0 Å². The van der Waals surface area contributed by atoms with Crippen LogP contribution in [0.3, 0.4) is 0 Å². The molecule has 0 atom stereocenters. The molecule has 0 unspecified atom stereocenters. The van der Waals surface area contributed by atoms with Crippen molar-refractivity contribution >= 4 is 12.6 Å². The van der Waals surface area contributed by atoms with Crippen molar-refractivity contribution in [2.24, 2.45) is 0 Å². The maximum atomic E-state index is 6.01. The van der Waals surface area contributed by atoms with E-state index in [9.17, 15) is 0 Å². The van der Waals surface area contributed by atoms with Gasteiger partial charge in [-0.3, -0.25) is 0 Å². The predicted octanol–water partition coefficient (Wildman–Crippen LogP) is 2.91. The molecule has 2 rings (SSSR count). The summed E-state index contributed by atoms with van der Waals surface area (Å²) in [7, 11) is -0.379. The molecule has 0 aliphatic carbocycles. The highest BCUT2D eigenvalue weighted by Gasteiger charge is 2.52. The normalized spacial score (nSPS) is 19.4. The number of furan rings is 1. The summed E-state index contributed by atoms with van der Waals surface area (Å²) in [5.74, 6) is 0.864. The molecule has 1 aliphatic heterocycles. The summed E-state index contributed by atoms with van der Waals surface area (Å²) in [5.41, 5.74) is 0.236. The zero-order valence-corrected chi connectivity index (χ0v) is 15.0. The standard InChI is InChI=1S/C17H29BO5/c1-6-7-9-19-13-20-10-8-15-11-14(12-21-15)18-22-16(2,3)17(4,5)23-18/h11-12H,6-10,13H2,1-5H3. The first kappa shape index (κ1) is 18.5. The lowest BCUT2D eigenvalue weighted by molar-refractivity contribution is -0.0540. The van der Waals surface area contributed by atoms with Gasteiger partial charge in [0.15, 0.2) is 0 Å². The molecule has 1 aliphatic rings. The van der Waals surface area contributed by atoms with Gasteiger partial charge in [-0.2, -0.15) is 0 Å². The third kappa shape index (κ3) is 4.83. The van der Waals surface area contributed by atoms with E-state index in [1.54, 1.807) is 6.26 Å². The summed E-state index contributed by atoms with van der Waals surface area (Å²) in [6.45, 7) is 12.0. The molecule has 1 fully saturated rings. The molecule has 0 amide bonds. The molecule has 1 saturated heterocycles. The molecule has 2 heterocycles. The van der Waals surface area contributed by atoms with Gasteiger partial charge in [0.1, 0.15) is 12.6 Å². The average Bonchev–Trinajstić information content (AvgIpc) is 3.01. The first-order valence-corrected chi connectivity index (χ1v) is 8.44. The van der Waals surface area contributed by atoms with Crippen LogP contribution in [0.5, 0.6) is 0 Å². The Morgan fingerprint density at radius 3 is 2.35 bits per heavy atom. The van der Waals surface area contributed by atoms with Crippen molar-refractivity contribution in [3.63, 3.8) is 0 Å². The van der Waals surface area contributed by atoms with E-state index in [4.69, 9.17) is 23.2 Å². The fourth-order valence-corrected chi connectivity index (χ4v) is 2.23. The summed E-state index contributed by atoms with van der Waals surface area (Å²) in [6.07, 6.45) is 4.61. The van der Waals surface area contributed by atoms with Gasteiger partial charge < -0.3 is 23.2 Å². The molecular weight excluding hydrogens is 295 g/mol. The highest BCUT2D eigenvalue weighted by molar-refractivity contribution is 6.62. The number of rotatable bonds is 9. The van der Waals surface area contributed by atoms with E-state index in [1.165, 1.54) is 0 Å². The van der Waals surface area contributed by atoms with Gasteiger partial charge in [-0.15, -0.1) is 0 Å². The molecule has 0 N–H and O–H groups in total. The zero-order chi connectivity index (χ0) is 16.9. The van der Waals surface area contributed by atoms with E-state index in [-0.39, 0.29) is 18.3 Å². The Morgan fingerprint density at radius 2 is 1.70 bits per heavy atom. The molecule has 130 valence electrons. The molecule has 1 aromatic heterocycles. The Balaban J connectivity index is 1.74. The van der Waals surface area contributed by atoms with E-state index in [0.717, 1.165) is 30.7 Å². The van der Waals surface area contributed by atoms with E-state index < -0.39 is 0 Å². The smallest absolute Gasteiger partial charge is 0.470 e. The van der Waals surface area contributed by atoms with Gasteiger partial charge in [-0.1, -0.05) is 13.3 Å². The third-order valence-corrected chi connectivity index (χ3v) is 4.50. The SMILES string of the molecule is CCCCOCOCCc1cc(B2OC(C)(C)C(C)(C)O2)co1. The second-order valence-corrected chi connectivity index (χ2v) is 6.97. The Morgan fingerprint density at radius 1 is 1.04 bits per heavy atom.